The summed E-state index contributed by atoms with van der Waals surface area (Å²) in [6.45, 7) is 5.20. The van der Waals surface area contributed by atoms with Gasteiger partial charge in [0.2, 0.25) is 0 Å². The highest BCUT2D eigenvalue weighted by Gasteiger charge is 2.56. The van der Waals surface area contributed by atoms with Crippen LogP contribution >= 0.6 is 0 Å². The van der Waals surface area contributed by atoms with E-state index in [9.17, 15) is 9.90 Å². The third-order valence-corrected chi connectivity index (χ3v) is 6.82. The first-order chi connectivity index (χ1) is 14.1. The van der Waals surface area contributed by atoms with Crippen LogP contribution in [0.15, 0.2) is 60.7 Å². The standard InChI is InChI=1S/C24H29N3O2/c28-22-13-21-14-26(23(29)20-9-5-2-6-10-20)18-24(27(21)15-22)16-25(17-24)12-11-19-7-3-1-4-8-19/h1-10,21-22,28H,11-18H2. The van der Waals surface area contributed by atoms with Gasteiger partial charge < -0.3 is 10.0 Å². The van der Waals surface area contributed by atoms with Crippen molar-refractivity contribution in [1.82, 2.24) is 14.7 Å². The van der Waals surface area contributed by atoms with E-state index in [-0.39, 0.29) is 23.6 Å². The minimum absolute atomic E-state index is 0.0124. The Balaban J connectivity index is 1.28. The summed E-state index contributed by atoms with van der Waals surface area (Å²) in [6.07, 6.45) is 1.54. The van der Waals surface area contributed by atoms with Crippen LogP contribution < -0.4 is 0 Å². The molecule has 29 heavy (non-hydrogen) atoms. The number of likely N-dealkylation sites (tertiary alicyclic amines) is 1. The number of amides is 1. The predicted octanol–water partition coefficient (Wildman–Crippen LogP) is 1.87. The van der Waals surface area contributed by atoms with Crippen LogP contribution in [0.3, 0.4) is 0 Å². The number of hydrogen-bond acceptors (Lipinski definition) is 4. The van der Waals surface area contributed by atoms with Crippen LogP contribution in [0.5, 0.6) is 0 Å². The van der Waals surface area contributed by atoms with Gasteiger partial charge in [0.25, 0.3) is 5.91 Å². The van der Waals surface area contributed by atoms with Crippen LogP contribution in [0.2, 0.25) is 0 Å². The van der Waals surface area contributed by atoms with Crippen molar-refractivity contribution >= 4 is 5.91 Å². The molecule has 5 heteroatoms. The molecule has 0 aliphatic carbocycles. The van der Waals surface area contributed by atoms with E-state index in [4.69, 9.17) is 0 Å². The summed E-state index contributed by atoms with van der Waals surface area (Å²) >= 11 is 0. The van der Waals surface area contributed by atoms with Crippen molar-refractivity contribution in [1.29, 1.82) is 0 Å². The minimum atomic E-state index is -0.276. The lowest BCUT2D eigenvalue weighted by atomic mass is 9.83. The molecule has 2 atom stereocenters. The molecule has 2 unspecified atom stereocenters. The Kier molecular flexibility index (Phi) is 4.90. The van der Waals surface area contributed by atoms with Gasteiger partial charge in [0.05, 0.1) is 11.6 Å². The van der Waals surface area contributed by atoms with Gasteiger partial charge in [-0.05, 0) is 30.5 Å². The Hall–Kier alpha value is -2.21. The first-order valence-electron chi connectivity index (χ1n) is 10.7. The van der Waals surface area contributed by atoms with Crippen molar-refractivity contribution in [2.24, 2.45) is 0 Å². The Bertz CT molecular complexity index is 851. The van der Waals surface area contributed by atoms with E-state index in [1.54, 1.807) is 0 Å². The molecule has 5 nitrogen and oxygen atoms in total. The van der Waals surface area contributed by atoms with Crippen LogP contribution in [0.4, 0.5) is 0 Å². The minimum Gasteiger partial charge on any atom is -0.392 e. The number of piperazine rings is 1. The second-order valence-corrected chi connectivity index (χ2v) is 8.92. The van der Waals surface area contributed by atoms with Crippen molar-refractivity contribution in [2.75, 3.05) is 39.3 Å². The molecule has 5 rings (SSSR count). The zero-order valence-corrected chi connectivity index (χ0v) is 16.8. The van der Waals surface area contributed by atoms with Gasteiger partial charge in [-0.25, -0.2) is 0 Å². The topological polar surface area (TPSA) is 47.0 Å². The molecule has 3 aliphatic rings. The molecule has 3 aliphatic heterocycles. The number of nitrogens with zero attached hydrogens (tertiary/aromatic N) is 3. The third-order valence-electron chi connectivity index (χ3n) is 6.82. The molecule has 1 amide bonds. The van der Waals surface area contributed by atoms with Crippen molar-refractivity contribution in [3.05, 3.63) is 71.8 Å². The number of carbonyl (C=O) groups excluding carboxylic acids is 1. The molecule has 2 aromatic carbocycles. The molecule has 3 heterocycles. The van der Waals surface area contributed by atoms with Crippen molar-refractivity contribution in [3.63, 3.8) is 0 Å². The first-order valence-corrected chi connectivity index (χ1v) is 10.7. The van der Waals surface area contributed by atoms with E-state index in [1.807, 2.05) is 35.2 Å². The number of fused-ring (bicyclic) bond motifs is 2. The Morgan fingerprint density at radius 3 is 2.38 bits per heavy atom. The lowest BCUT2D eigenvalue weighted by molar-refractivity contribution is -0.105. The molecule has 1 spiro atoms. The Labute approximate surface area is 172 Å². The van der Waals surface area contributed by atoms with Gasteiger partial charge in [0.15, 0.2) is 0 Å². The quantitative estimate of drug-likeness (QED) is 0.865. The second-order valence-electron chi connectivity index (χ2n) is 8.92. The van der Waals surface area contributed by atoms with E-state index < -0.39 is 0 Å². The van der Waals surface area contributed by atoms with E-state index in [0.717, 1.165) is 57.7 Å². The SMILES string of the molecule is O=C(c1ccccc1)N1CC2CC(O)CN2C2(CN(CCc3ccccc3)C2)C1. The summed E-state index contributed by atoms with van der Waals surface area (Å²) in [5.74, 6) is 0.119. The normalized spacial score (nSPS) is 26.3. The summed E-state index contributed by atoms with van der Waals surface area (Å²) in [6, 6.07) is 20.5. The Morgan fingerprint density at radius 2 is 1.66 bits per heavy atom. The average Bonchev–Trinajstić information content (AvgIpc) is 3.11. The molecular formula is C24H29N3O2. The van der Waals surface area contributed by atoms with E-state index in [1.165, 1.54) is 5.56 Å². The van der Waals surface area contributed by atoms with Gasteiger partial charge in [-0.1, -0.05) is 48.5 Å². The maximum Gasteiger partial charge on any atom is 0.253 e. The molecule has 1 N–H and O–H groups in total. The summed E-state index contributed by atoms with van der Waals surface area (Å²) in [5.41, 5.74) is 2.11. The summed E-state index contributed by atoms with van der Waals surface area (Å²) in [4.78, 5) is 20.1. The van der Waals surface area contributed by atoms with Gasteiger partial charge in [0, 0.05) is 50.9 Å². The molecule has 3 saturated heterocycles. The van der Waals surface area contributed by atoms with Crippen LogP contribution in [-0.2, 0) is 6.42 Å². The molecule has 0 saturated carbocycles. The van der Waals surface area contributed by atoms with Gasteiger partial charge in [0.1, 0.15) is 0 Å². The number of aliphatic hydroxyl groups excluding tert-OH is 1. The number of β-amino-alcohol motifs (C(OH)–C–C–N with tert-alkyl or cyclic N) is 1. The molecule has 152 valence electrons. The van der Waals surface area contributed by atoms with Crippen molar-refractivity contribution < 1.29 is 9.90 Å². The monoisotopic (exact) mass is 391 g/mol. The van der Waals surface area contributed by atoms with Crippen molar-refractivity contribution in [2.45, 2.75) is 30.5 Å². The number of rotatable bonds is 4. The number of carbonyl (C=O) groups is 1. The van der Waals surface area contributed by atoms with E-state index >= 15 is 0 Å². The summed E-state index contributed by atoms with van der Waals surface area (Å²) in [7, 11) is 0. The van der Waals surface area contributed by atoms with Crippen LogP contribution in [0.1, 0.15) is 22.3 Å². The fourth-order valence-corrected chi connectivity index (χ4v) is 5.49. The van der Waals surface area contributed by atoms with E-state index in [0.29, 0.717) is 0 Å². The zero-order valence-electron chi connectivity index (χ0n) is 16.8. The fraction of sp³-hybridized carbons (Fsp3) is 0.458. The predicted molar refractivity (Wildman–Crippen MR) is 113 cm³/mol. The first kappa shape index (κ1) is 18.8. The smallest absolute Gasteiger partial charge is 0.253 e. The number of hydrogen-bond donors (Lipinski definition) is 1. The lowest BCUT2D eigenvalue weighted by Crippen LogP contribution is -2.78. The third kappa shape index (κ3) is 3.59. The average molecular weight is 392 g/mol. The highest BCUT2D eigenvalue weighted by atomic mass is 16.3. The maximum atomic E-state index is 13.1. The van der Waals surface area contributed by atoms with Gasteiger partial charge in [-0.15, -0.1) is 0 Å². The fourth-order valence-electron chi connectivity index (χ4n) is 5.49. The van der Waals surface area contributed by atoms with Gasteiger partial charge >= 0.3 is 0 Å². The van der Waals surface area contributed by atoms with Gasteiger partial charge in [-0.3, -0.25) is 14.6 Å². The van der Waals surface area contributed by atoms with Gasteiger partial charge in [-0.2, -0.15) is 0 Å². The molecule has 3 fully saturated rings. The molecule has 0 radical (unpaired) electrons. The largest absolute Gasteiger partial charge is 0.392 e. The maximum absolute atomic E-state index is 13.1. The van der Waals surface area contributed by atoms with Crippen LogP contribution in [0.25, 0.3) is 0 Å². The number of benzene rings is 2. The number of aliphatic hydroxyl groups is 1. The Morgan fingerprint density at radius 1 is 0.966 bits per heavy atom. The van der Waals surface area contributed by atoms with Crippen LogP contribution in [-0.4, -0.2) is 82.7 Å². The summed E-state index contributed by atoms with van der Waals surface area (Å²) in [5, 5.41) is 10.3. The highest BCUT2D eigenvalue weighted by Crippen LogP contribution is 2.39. The zero-order chi connectivity index (χ0) is 19.8. The van der Waals surface area contributed by atoms with Crippen molar-refractivity contribution in [3.8, 4) is 0 Å². The summed E-state index contributed by atoms with van der Waals surface area (Å²) < 4.78 is 0. The molecule has 2 aromatic rings. The molecule has 0 bridgehead atoms. The van der Waals surface area contributed by atoms with E-state index in [2.05, 4.69) is 40.1 Å². The molecule has 0 aromatic heterocycles. The van der Waals surface area contributed by atoms with Crippen LogP contribution in [0, 0.1) is 0 Å². The molecular weight excluding hydrogens is 362 g/mol. The lowest BCUT2D eigenvalue weighted by Gasteiger charge is -2.61. The highest BCUT2D eigenvalue weighted by molar-refractivity contribution is 5.94. The second kappa shape index (κ2) is 7.56.